The summed E-state index contributed by atoms with van der Waals surface area (Å²) < 4.78 is 5.36. The Labute approximate surface area is 201 Å². The number of carbonyl (C=O) groups is 3. The van der Waals surface area contributed by atoms with Crippen LogP contribution in [0.4, 0.5) is 11.4 Å². The number of aromatic nitrogens is 1. The van der Waals surface area contributed by atoms with E-state index in [9.17, 15) is 29.3 Å². The molecule has 1 saturated heterocycles. The lowest BCUT2D eigenvalue weighted by molar-refractivity contribution is -0.385. The van der Waals surface area contributed by atoms with E-state index in [1.807, 2.05) is 36.9 Å². The number of pyridine rings is 1. The summed E-state index contributed by atoms with van der Waals surface area (Å²) in [5.41, 5.74) is 0.866. The van der Waals surface area contributed by atoms with Crippen LogP contribution in [-0.4, -0.2) is 76.9 Å². The summed E-state index contributed by atoms with van der Waals surface area (Å²) in [5.74, 6) is -1.60. The van der Waals surface area contributed by atoms with Crippen LogP contribution in [0.3, 0.4) is 0 Å². The second-order valence-corrected chi connectivity index (χ2v) is 8.27. The first kappa shape index (κ1) is 25.6. The first-order chi connectivity index (χ1) is 16.6. The van der Waals surface area contributed by atoms with E-state index in [2.05, 4.69) is 10.1 Å². The molecule has 0 spiro atoms. The van der Waals surface area contributed by atoms with Gasteiger partial charge in [-0.25, -0.2) is 4.79 Å². The number of hydrogen-bond donors (Lipinski definition) is 1. The van der Waals surface area contributed by atoms with Crippen LogP contribution in [-0.2, 0) is 20.9 Å². The summed E-state index contributed by atoms with van der Waals surface area (Å²) in [6.07, 6.45) is 0.931. The van der Waals surface area contributed by atoms with Crippen molar-refractivity contribution in [2.45, 2.75) is 20.4 Å². The van der Waals surface area contributed by atoms with Crippen LogP contribution in [0.15, 0.2) is 35.3 Å². The lowest BCUT2D eigenvalue weighted by Gasteiger charge is -2.34. The fraction of sp³-hybridized carbons (Fsp3) is 0.391. The molecule has 1 aromatic heterocycles. The molecular formula is C23H27N5O7. The normalized spacial score (nSPS) is 13.9. The summed E-state index contributed by atoms with van der Waals surface area (Å²) in [6, 6.07) is 6.60. The van der Waals surface area contributed by atoms with E-state index in [4.69, 9.17) is 0 Å². The Kier molecular flexibility index (Phi) is 7.97. The Morgan fingerprint density at radius 1 is 1.09 bits per heavy atom. The van der Waals surface area contributed by atoms with E-state index in [0.29, 0.717) is 26.2 Å². The molecular weight excluding hydrogens is 458 g/mol. The molecule has 0 radical (unpaired) electrons. The van der Waals surface area contributed by atoms with Gasteiger partial charge in [0.05, 0.1) is 24.8 Å². The van der Waals surface area contributed by atoms with Gasteiger partial charge in [0.15, 0.2) is 0 Å². The largest absolute Gasteiger partial charge is 0.465 e. The SMILES string of the molecule is COC(=O)c1cc([N+](=O)[O-])cn(CC(=O)N2CCN(CC(=O)Nc3c(C)cccc3C)CC2)c1=O. The van der Waals surface area contributed by atoms with E-state index in [0.717, 1.165) is 40.8 Å². The first-order valence-corrected chi connectivity index (χ1v) is 10.9. The number of nitrogens with zero attached hydrogens (tertiary/aromatic N) is 4. The van der Waals surface area contributed by atoms with Crippen LogP contribution in [0.2, 0.25) is 0 Å². The molecule has 1 fully saturated rings. The van der Waals surface area contributed by atoms with Gasteiger partial charge in [-0.2, -0.15) is 0 Å². The molecule has 1 aromatic carbocycles. The van der Waals surface area contributed by atoms with E-state index in [1.165, 1.54) is 4.90 Å². The number of nitro groups is 1. The molecule has 1 N–H and O–H groups in total. The fourth-order valence-corrected chi connectivity index (χ4v) is 3.89. The number of methoxy groups -OCH3 is 1. The van der Waals surface area contributed by atoms with Crippen molar-refractivity contribution in [1.29, 1.82) is 0 Å². The van der Waals surface area contributed by atoms with E-state index < -0.39 is 40.2 Å². The highest BCUT2D eigenvalue weighted by atomic mass is 16.6. The molecule has 186 valence electrons. The Balaban J connectivity index is 1.60. The monoisotopic (exact) mass is 485 g/mol. The van der Waals surface area contributed by atoms with Crippen molar-refractivity contribution in [1.82, 2.24) is 14.4 Å². The average Bonchev–Trinajstić information content (AvgIpc) is 2.82. The van der Waals surface area contributed by atoms with Crippen LogP contribution in [0.25, 0.3) is 0 Å². The molecule has 12 nitrogen and oxygen atoms in total. The minimum atomic E-state index is -1.02. The highest BCUT2D eigenvalue weighted by Crippen LogP contribution is 2.19. The molecule has 1 aliphatic rings. The molecule has 2 aromatic rings. The number of aryl methyl sites for hydroxylation is 2. The summed E-state index contributed by atoms with van der Waals surface area (Å²) in [5, 5.41) is 14.1. The Morgan fingerprint density at radius 3 is 2.29 bits per heavy atom. The first-order valence-electron chi connectivity index (χ1n) is 10.9. The van der Waals surface area contributed by atoms with Crippen molar-refractivity contribution in [3.05, 3.63) is 67.6 Å². The van der Waals surface area contributed by atoms with Gasteiger partial charge in [-0.3, -0.25) is 34.0 Å². The Hall–Kier alpha value is -4.06. The lowest BCUT2D eigenvalue weighted by atomic mass is 10.1. The van der Waals surface area contributed by atoms with Gasteiger partial charge in [0.2, 0.25) is 11.8 Å². The number of para-hydroxylation sites is 1. The maximum Gasteiger partial charge on any atom is 0.343 e. The Morgan fingerprint density at radius 2 is 1.71 bits per heavy atom. The maximum atomic E-state index is 12.8. The number of hydrogen-bond acceptors (Lipinski definition) is 8. The lowest BCUT2D eigenvalue weighted by Crippen LogP contribution is -2.51. The molecule has 12 heteroatoms. The standard InChI is InChI=1S/C23H27N5O7/c1-15-5-4-6-16(2)21(15)24-19(29)13-25-7-9-26(10-8-25)20(30)14-27-12-17(28(33)34)11-18(22(27)31)23(32)35-3/h4-6,11-12H,7-10,13-14H2,1-3H3,(H,24,29). The summed E-state index contributed by atoms with van der Waals surface area (Å²) in [6.45, 7) is 5.10. The number of rotatable bonds is 7. The molecule has 35 heavy (non-hydrogen) atoms. The fourth-order valence-electron chi connectivity index (χ4n) is 3.89. The number of amides is 2. The number of carbonyl (C=O) groups excluding carboxylic acids is 3. The second-order valence-electron chi connectivity index (χ2n) is 8.27. The van der Waals surface area contributed by atoms with Crippen molar-refractivity contribution in [3.8, 4) is 0 Å². The molecule has 2 heterocycles. The van der Waals surface area contributed by atoms with Crippen LogP contribution in [0, 0.1) is 24.0 Å². The highest BCUT2D eigenvalue weighted by molar-refractivity contribution is 5.93. The smallest absolute Gasteiger partial charge is 0.343 e. The van der Waals surface area contributed by atoms with Gasteiger partial charge < -0.3 is 15.0 Å². The average molecular weight is 485 g/mol. The number of benzene rings is 1. The van der Waals surface area contributed by atoms with Gasteiger partial charge in [0.25, 0.3) is 11.2 Å². The molecule has 2 amide bonds. The minimum absolute atomic E-state index is 0.152. The Bertz CT molecular complexity index is 1190. The number of ether oxygens (including phenoxy) is 1. The third-order valence-electron chi connectivity index (χ3n) is 5.83. The van der Waals surface area contributed by atoms with E-state index in [-0.39, 0.29) is 12.5 Å². The van der Waals surface area contributed by atoms with Gasteiger partial charge >= 0.3 is 5.97 Å². The number of esters is 1. The molecule has 1 aliphatic heterocycles. The predicted octanol–water partition coefficient (Wildman–Crippen LogP) is 0.943. The molecule has 0 bridgehead atoms. The van der Waals surface area contributed by atoms with Crippen LogP contribution in [0.5, 0.6) is 0 Å². The zero-order valence-electron chi connectivity index (χ0n) is 19.8. The van der Waals surface area contributed by atoms with Gasteiger partial charge in [-0.15, -0.1) is 0 Å². The van der Waals surface area contributed by atoms with Crippen LogP contribution < -0.4 is 10.9 Å². The van der Waals surface area contributed by atoms with Crippen molar-refractivity contribution in [2.75, 3.05) is 45.2 Å². The zero-order valence-corrected chi connectivity index (χ0v) is 19.8. The van der Waals surface area contributed by atoms with Crippen molar-refractivity contribution in [3.63, 3.8) is 0 Å². The third-order valence-corrected chi connectivity index (χ3v) is 5.83. The third kappa shape index (κ3) is 6.09. The molecule has 0 atom stereocenters. The number of nitrogens with one attached hydrogen (secondary N) is 1. The second kappa shape index (κ2) is 10.9. The van der Waals surface area contributed by atoms with Gasteiger partial charge in [-0.1, -0.05) is 18.2 Å². The van der Waals surface area contributed by atoms with E-state index in [1.54, 1.807) is 0 Å². The minimum Gasteiger partial charge on any atom is -0.465 e. The van der Waals surface area contributed by atoms with Crippen LogP contribution >= 0.6 is 0 Å². The summed E-state index contributed by atoms with van der Waals surface area (Å²) in [7, 11) is 1.05. The summed E-state index contributed by atoms with van der Waals surface area (Å²) >= 11 is 0. The molecule has 0 saturated carbocycles. The highest BCUT2D eigenvalue weighted by Gasteiger charge is 2.25. The van der Waals surface area contributed by atoms with Crippen molar-refractivity contribution in [2.24, 2.45) is 0 Å². The molecule has 3 rings (SSSR count). The van der Waals surface area contributed by atoms with Crippen LogP contribution in [0.1, 0.15) is 21.5 Å². The predicted molar refractivity (Wildman–Crippen MR) is 126 cm³/mol. The van der Waals surface area contributed by atoms with Crippen molar-refractivity contribution < 1.29 is 24.0 Å². The number of piperazine rings is 1. The summed E-state index contributed by atoms with van der Waals surface area (Å²) in [4.78, 5) is 63.6. The number of anilines is 1. The maximum absolute atomic E-state index is 12.8. The van der Waals surface area contributed by atoms with E-state index >= 15 is 0 Å². The zero-order chi connectivity index (χ0) is 25.7. The molecule has 0 unspecified atom stereocenters. The van der Waals surface area contributed by atoms with Gasteiger partial charge in [-0.05, 0) is 25.0 Å². The topological polar surface area (TPSA) is 144 Å². The quantitative estimate of drug-likeness (QED) is 0.347. The van der Waals surface area contributed by atoms with Gasteiger partial charge in [0, 0.05) is 37.9 Å². The van der Waals surface area contributed by atoms with Gasteiger partial charge in [0.1, 0.15) is 12.1 Å². The van der Waals surface area contributed by atoms with Crippen molar-refractivity contribution >= 4 is 29.2 Å². The molecule has 0 aliphatic carbocycles.